The molecule has 0 saturated carbocycles. The molecule has 1 atom stereocenters. The molecule has 86 valence electrons. The smallest absolute Gasteiger partial charge is 0.0709 e. The van der Waals surface area contributed by atoms with Crippen molar-refractivity contribution < 1.29 is 0 Å². The topological polar surface area (TPSA) is 0 Å². The Hall–Kier alpha value is 0.0600. The van der Waals surface area contributed by atoms with Crippen molar-refractivity contribution in [3.05, 3.63) is 21.7 Å². The Bertz CT molecular complexity index is 260. The lowest BCUT2D eigenvalue weighted by Gasteiger charge is -2.17. The highest BCUT2D eigenvalue weighted by atomic mass is 35.5. The van der Waals surface area contributed by atoms with E-state index >= 15 is 0 Å². The van der Waals surface area contributed by atoms with Crippen molar-refractivity contribution in [3.63, 3.8) is 0 Å². The Morgan fingerprint density at radius 3 is 2.60 bits per heavy atom. The van der Waals surface area contributed by atoms with Gasteiger partial charge in [-0.15, -0.1) is 0 Å². The number of hydrogen-bond donors (Lipinski definition) is 0. The SMILES string of the molecule is CCC1=C(C=C(Cl)Cl)CCCCC1CC. The third-order valence-corrected chi connectivity index (χ3v) is 3.53. The zero-order chi connectivity index (χ0) is 11.3. The fourth-order valence-corrected chi connectivity index (χ4v) is 2.83. The molecular formula is C13H20Cl2. The van der Waals surface area contributed by atoms with Crippen molar-refractivity contribution in [3.8, 4) is 0 Å². The molecule has 0 N–H and O–H groups in total. The molecule has 0 heterocycles. The van der Waals surface area contributed by atoms with Gasteiger partial charge < -0.3 is 0 Å². The first-order chi connectivity index (χ1) is 7.19. The predicted octanol–water partition coefficient (Wildman–Crippen LogP) is 5.61. The van der Waals surface area contributed by atoms with E-state index in [2.05, 4.69) is 13.8 Å². The van der Waals surface area contributed by atoms with Crippen LogP contribution in [0.3, 0.4) is 0 Å². The fourth-order valence-electron chi connectivity index (χ4n) is 2.57. The average molecular weight is 247 g/mol. The Morgan fingerprint density at radius 2 is 2.07 bits per heavy atom. The molecule has 1 aliphatic rings. The van der Waals surface area contributed by atoms with Crippen molar-refractivity contribution in [1.29, 1.82) is 0 Å². The second-order valence-electron chi connectivity index (χ2n) is 4.19. The van der Waals surface area contributed by atoms with Crippen LogP contribution in [0, 0.1) is 5.92 Å². The van der Waals surface area contributed by atoms with E-state index in [4.69, 9.17) is 23.2 Å². The highest BCUT2D eigenvalue weighted by Crippen LogP contribution is 2.34. The summed E-state index contributed by atoms with van der Waals surface area (Å²) in [5.74, 6) is 0.747. The maximum absolute atomic E-state index is 5.77. The zero-order valence-corrected chi connectivity index (χ0v) is 11.2. The van der Waals surface area contributed by atoms with E-state index in [1.807, 2.05) is 6.08 Å². The standard InChI is InChI=1S/C13H20Cl2/c1-3-10-7-5-6-8-11(9-13(14)15)12(10)4-2/h9-10H,3-8H2,1-2H3. The maximum Gasteiger partial charge on any atom is 0.107 e. The van der Waals surface area contributed by atoms with Crippen molar-refractivity contribution in [1.82, 2.24) is 0 Å². The van der Waals surface area contributed by atoms with E-state index < -0.39 is 0 Å². The lowest BCUT2D eigenvalue weighted by atomic mass is 9.88. The van der Waals surface area contributed by atoms with Gasteiger partial charge in [-0.2, -0.15) is 0 Å². The molecule has 0 fully saturated rings. The largest absolute Gasteiger partial charge is 0.107 e. The summed E-state index contributed by atoms with van der Waals surface area (Å²) in [4.78, 5) is 0. The number of rotatable bonds is 3. The molecule has 0 amide bonds. The van der Waals surface area contributed by atoms with Gasteiger partial charge in [-0.1, -0.05) is 49.0 Å². The second-order valence-corrected chi connectivity index (χ2v) is 5.20. The van der Waals surface area contributed by atoms with Crippen LogP contribution in [-0.2, 0) is 0 Å². The third-order valence-electron chi connectivity index (χ3n) is 3.31. The van der Waals surface area contributed by atoms with Gasteiger partial charge in [0.25, 0.3) is 0 Å². The van der Waals surface area contributed by atoms with Crippen LogP contribution >= 0.6 is 23.2 Å². The van der Waals surface area contributed by atoms with E-state index in [1.54, 1.807) is 5.57 Å². The van der Waals surface area contributed by atoms with E-state index in [1.165, 1.54) is 31.3 Å². The molecule has 1 aliphatic carbocycles. The second kappa shape index (κ2) is 6.60. The number of allylic oxidation sites excluding steroid dienone is 3. The van der Waals surface area contributed by atoms with Crippen LogP contribution < -0.4 is 0 Å². The summed E-state index contributed by atoms with van der Waals surface area (Å²) in [5, 5.41) is 0. The summed E-state index contributed by atoms with van der Waals surface area (Å²) in [6.45, 7) is 4.51. The quantitative estimate of drug-likeness (QED) is 0.607. The molecular weight excluding hydrogens is 227 g/mol. The van der Waals surface area contributed by atoms with E-state index in [0.29, 0.717) is 4.49 Å². The van der Waals surface area contributed by atoms with Gasteiger partial charge in [0, 0.05) is 0 Å². The Labute approximate surface area is 103 Å². The van der Waals surface area contributed by atoms with Gasteiger partial charge in [0.2, 0.25) is 0 Å². The van der Waals surface area contributed by atoms with Crippen molar-refractivity contribution >= 4 is 23.2 Å². The van der Waals surface area contributed by atoms with Crippen LogP contribution in [0.15, 0.2) is 21.7 Å². The molecule has 0 spiro atoms. The fraction of sp³-hybridized carbons (Fsp3) is 0.692. The van der Waals surface area contributed by atoms with Crippen LogP contribution in [0.4, 0.5) is 0 Å². The Kier molecular flexibility index (Phi) is 5.78. The highest BCUT2D eigenvalue weighted by molar-refractivity contribution is 6.56. The van der Waals surface area contributed by atoms with Crippen LogP contribution in [0.1, 0.15) is 52.4 Å². The molecule has 1 unspecified atom stereocenters. The summed E-state index contributed by atoms with van der Waals surface area (Å²) in [6.07, 6.45) is 9.40. The summed E-state index contributed by atoms with van der Waals surface area (Å²) >= 11 is 11.5. The Morgan fingerprint density at radius 1 is 1.33 bits per heavy atom. The number of hydrogen-bond acceptors (Lipinski definition) is 0. The van der Waals surface area contributed by atoms with E-state index in [0.717, 1.165) is 18.8 Å². The van der Waals surface area contributed by atoms with Gasteiger partial charge in [0.1, 0.15) is 4.49 Å². The third kappa shape index (κ3) is 3.85. The lowest BCUT2D eigenvalue weighted by Crippen LogP contribution is -2.02. The molecule has 0 aromatic heterocycles. The summed E-state index contributed by atoms with van der Waals surface area (Å²) < 4.78 is 0.396. The Balaban J connectivity index is 2.99. The van der Waals surface area contributed by atoms with Crippen LogP contribution in [0.5, 0.6) is 0 Å². The summed E-state index contributed by atoms with van der Waals surface area (Å²) in [6, 6.07) is 0. The number of halogens is 2. The van der Waals surface area contributed by atoms with Gasteiger partial charge in [-0.25, -0.2) is 0 Å². The minimum atomic E-state index is 0.396. The van der Waals surface area contributed by atoms with Crippen molar-refractivity contribution in [2.75, 3.05) is 0 Å². The van der Waals surface area contributed by atoms with E-state index in [9.17, 15) is 0 Å². The first-order valence-corrected chi connectivity index (χ1v) is 6.69. The maximum atomic E-state index is 5.77. The molecule has 2 heteroatoms. The minimum Gasteiger partial charge on any atom is -0.0709 e. The summed E-state index contributed by atoms with van der Waals surface area (Å²) in [5.41, 5.74) is 2.97. The van der Waals surface area contributed by atoms with Gasteiger partial charge >= 0.3 is 0 Å². The monoisotopic (exact) mass is 246 g/mol. The van der Waals surface area contributed by atoms with Gasteiger partial charge in [0.05, 0.1) is 0 Å². The average Bonchev–Trinajstić information content (AvgIpc) is 2.38. The first-order valence-electron chi connectivity index (χ1n) is 5.93. The van der Waals surface area contributed by atoms with Gasteiger partial charge in [-0.05, 0) is 49.7 Å². The molecule has 15 heavy (non-hydrogen) atoms. The van der Waals surface area contributed by atoms with Crippen molar-refractivity contribution in [2.24, 2.45) is 5.92 Å². The predicted molar refractivity (Wildman–Crippen MR) is 69.4 cm³/mol. The van der Waals surface area contributed by atoms with Crippen molar-refractivity contribution in [2.45, 2.75) is 52.4 Å². The summed E-state index contributed by atoms with van der Waals surface area (Å²) in [7, 11) is 0. The van der Waals surface area contributed by atoms with E-state index in [-0.39, 0.29) is 0 Å². The molecule has 0 bridgehead atoms. The van der Waals surface area contributed by atoms with Crippen LogP contribution in [0.2, 0.25) is 0 Å². The molecule has 0 aliphatic heterocycles. The molecule has 1 rings (SSSR count). The van der Waals surface area contributed by atoms with Crippen LogP contribution in [0.25, 0.3) is 0 Å². The zero-order valence-electron chi connectivity index (χ0n) is 9.65. The molecule has 0 aromatic rings. The van der Waals surface area contributed by atoms with Crippen LogP contribution in [-0.4, -0.2) is 0 Å². The molecule has 0 saturated heterocycles. The molecule has 0 nitrogen and oxygen atoms in total. The first kappa shape index (κ1) is 13.1. The lowest BCUT2D eigenvalue weighted by molar-refractivity contribution is 0.514. The molecule has 0 radical (unpaired) electrons. The highest BCUT2D eigenvalue weighted by Gasteiger charge is 2.17. The molecule has 0 aromatic carbocycles. The van der Waals surface area contributed by atoms with Gasteiger partial charge in [-0.3, -0.25) is 0 Å². The van der Waals surface area contributed by atoms with Gasteiger partial charge in [0.15, 0.2) is 0 Å². The normalized spacial score (nSPS) is 22.5. The minimum absolute atomic E-state index is 0.396.